The highest BCUT2D eigenvalue weighted by molar-refractivity contribution is 9.10. The molecule has 0 atom stereocenters. The van der Waals surface area contributed by atoms with Crippen molar-refractivity contribution in [3.8, 4) is 5.75 Å². The van der Waals surface area contributed by atoms with Crippen LogP contribution in [0.15, 0.2) is 22.7 Å². The van der Waals surface area contributed by atoms with Crippen molar-refractivity contribution in [2.75, 3.05) is 32.2 Å². The zero-order valence-corrected chi connectivity index (χ0v) is 11.3. The highest BCUT2D eigenvalue weighted by Gasteiger charge is 2.00. The van der Waals surface area contributed by atoms with Crippen molar-refractivity contribution < 1.29 is 9.47 Å². The van der Waals surface area contributed by atoms with E-state index >= 15 is 0 Å². The minimum absolute atomic E-state index is 0.784. The van der Waals surface area contributed by atoms with Crippen LogP contribution in [0.5, 0.6) is 5.75 Å². The largest absolute Gasteiger partial charge is 0.495 e. The summed E-state index contributed by atoms with van der Waals surface area (Å²) in [6.07, 6.45) is 1.01. The van der Waals surface area contributed by atoms with Gasteiger partial charge in [0.05, 0.1) is 11.6 Å². The first-order chi connectivity index (χ1) is 7.77. The molecular formula is C12H18BrNO2. The van der Waals surface area contributed by atoms with Crippen LogP contribution in [0.1, 0.15) is 13.3 Å². The van der Waals surface area contributed by atoms with Gasteiger partial charge in [-0.1, -0.05) is 0 Å². The summed E-state index contributed by atoms with van der Waals surface area (Å²) in [5, 5.41) is 3.32. The molecule has 0 unspecified atom stereocenters. The molecule has 0 spiro atoms. The third kappa shape index (κ3) is 4.41. The van der Waals surface area contributed by atoms with Crippen molar-refractivity contribution in [3.05, 3.63) is 22.7 Å². The molecule has 1 aromatic rings. The van der Waals surface area contributed by atoms with E-state index in [0.717, 1.165) is 42.1 Å². The Hall–Kier alpha value is -0.740. The second-order valence-corrected chi connectivity index (χ2v) is 4.18. The molecule has 0 saturated heterocycles. The number of methoxy groups -OCH3 is 1. The van der Waals surface area contributed by atoms with Crippen molar-refractivity contribution in [2.24, 2.45) is 0 Å². The Morgan fingerprint density at radius 2 is 2.19 bits per heavy atom. The number of hydrogen-bond acceptors (Lipinski definition) is 3. The highest BCUT2D eigenvalue weighted by atomic mass is 79.9. The van der Waals surface area contributed by atoms with Crippen molar-refractivity contribution in [1.29, 1.82) is 0 Å². The lowest BCUT2D eigenvalue weighted by molar-refractivity contribution is 0.147. The number of benzene rings is 1. The Balaban J connectivity index is 2.36. The van der Waals surface area contributed by atoms with Gasteiger partial charge in [0.1, 0.15) is 5.75 Å². The van der Waals surface area contributed by atoms with Gasteiger partial charge in [-0.3, -0.25) is 0 Å². The molecule has 0 bridgehead atoms. The summed E-state index contributed by atoms with van der Waals surface area (Å²) in [6.45, 7) is 4.50. The molecule has 0 aliphatic rings. The molecule has 1 N–H and O–H groups in total. The molecule has 90 valence electrons. The minimum Gasteiger partial charge on any atom is -0.495 e. The fourth-order valence-corrected chi connectivity index (χ4v) is 1.73. The van der Waals surface area contributed by atoms with Crippen LogP contribution >= 0.6 is 15.9 Å². The lowest BCUT2D eigenvalue weighted by Crippen LogP contribution is -2.05. The van der Waals surface area contributed by atoms with E-state index in [1.807, 2.05) is 25.1 Å². The van der Waals surface area contributed by atoms with Gasteiger partial charge in [0.25, 0.3) is 0 Å². The summed E-state index contributed by atoms with van der Waals surface area (Å²) in [4.78, 5) is 0. The molecule has 0 saturated carbocycles. The van der Waals surface area contributed by atoms with Crippen LogP contribution in [0, 0.1) is 0 Å². The molecule has 4 heteroatoms. The van der Waals surface area contributed by atoms with Crippen LogP contribution in [-0.4, -0.2) is 26.9 Å². The lowest BCUT2D eigenvalue weighted by Gasteiger charge is -2.09. The zero-order chi connectivity index (χ0) is 11.8. The Labute approximate surface area is 105 Å². The van der Waals surface area contributed by atoms with Gasteiger partial charge in [-0.2, -0.15) is 0 Å². The monoisotopic (exact) mass is 287 g/mol. The normalized spacial score (nSPS) is 10.2. The molecule has 0 heterocycles. The summed E-state index contributed by atoms with van der Waals surface area (Å²) in [6, 6.07) is 5.97. The van der Waals surface area contributed by atoms with Crippen LogP contribution in [0.25, 0.3) is 0 Å². The van der Waals surface area contributed by atoms with Gasteiger partial charge in [0, 0.05) is 31.5 Å². The predicted molar refractivity (Wildman–Crippen MR) is 70.3 cm³/mol. The van der Waals surface area contributed by atoms with E-state index in [1.54, 1.807) is 7.11 Å². The third-order valence-electron chi connectivity index (χ3n) is 2.15. The van der Waals surface area contributed by atoms with Gasteiger partial charge in [0.2, 0.25) is 0 Å². The number of rotatable bonds is 7. The Morgan fingerprint density at radius 3 is 2.88 bits per heavy atom. The molecule has 1 rings (SSSR count). The molecule has 1 aromatic carbocycles. The maximum atomic E-state index is 5.26. The van der Waals surface area contributed by atoms with Gasteiger partial charge < -0.3 is 14.8 Å². The standard InChI is InChI=1S/C12H18BrNO2/c1-3-16-8-4-7-14-10-5-6-11(13)12(9-10)15-2/h5-6,9,14H,3-4,7-8H2,1-2H3. The van der Waals surface area contributed by atoms with E-state index in [9.17, 15) is 0 Å². The maximum absolute atomic E-state index is 5.26. The van der Waals surface area contributed by atoms with Gasteiger partial charge in [-0.15, -0.1) is 0 Å². The SMILES string of the molecule is CCOCCCNc1ccc(Br)c(OC)c1. The summed E-state index contributed by atoms with van der Waals surface area (Å²) < 4.78 is 11.4. The summed E-state index contributed by atoms with van der Waals surface area (Å²) >= 11 is 3.42. The van der Waals surface area contributed by atoms with Gasteiger partial charge in [0.15, 0.2) is 0 Å². The van der Waals surface area contributed by atoms with Gasteiger partial charge in [-0.05, 0) is 41.4 Å². The van der Waals surface area contributed by atoms with Crippen LogP contribution in [0.4, 0.5) is 5.69 Å². The van der Waals surface area contributed by atoms with Crippen molar-refractivity contribution in [1.82, 2.24) is 0 Å². The highest BCUT2D eigenvalue weighted by Crippen LogP contribution is 2.27. The van der Waals surface area contributed by atoms with E-state index in [4.69, 9.17) is 9.47 Å². The first-order valence-electron chi connectivity index (χ1n) is 5.43. The van der Waals surface area contributed by atoms with Gasteiger partial charge >= 0.3 is 0 Å². The molecule has 0 aromatic heterocycles. The fraction of sp³-hybridized carbons (Fsp3) is 0.500. The smallest absolute Gasteiger partial charge is 0.135 e. The first-order valence-corrected chi connectivity index (χ1v) is 6.22. The van der Waals surface area contributed by atoms with Crippen LogP contribution in [0.2, 0.25) is 0 Å². The molecule has 0 aliphatic heterocycles. The number of nitrogens with one attached hydrogen (secondary N) is 1. The average Bonchev–Trinajstić information content (AvgIpc) is 2.31. The first kappa shape index (κ1) is 13.3. The van der Waals surface area contributed by atoms with Crippen LogP contribution < -0.4 is 10.1 Å². The second-order valence-electron chi connectivity index (χ2n) is 3.33. The summed E-state index contributed by atoms with van der Waals surface area (Å²) in [5.74, 6) is 0.842. The van der Waals surface area contributed by atoms with Crippen LogP contribution in [-0.2, 0) is 4.74 Å². The van der Waals surface area contributed by atoms with E-state index < -0.39 is 0 Å². The zero-order valence-electron chi connectivity index (χ0n) is 9.75. The van der Waals surface area contributed by atoms with Crippen LogP contribution in [0.3, 0.4) is 0 Å². The number of anilines is 1. The molecule has 3 nitrogen and oxygen atoms in total. The number of hydrogen-bond donors (Lipinski definition) is 1. The molecule has 0 aliphatic carbocycles. The van der Waals surface area contributed by atoms with E-state index in [-0.39, 0.29) is 0 Å². The Kier molecular flexibility index (Phi) is 6.26. The minimum atomic E-state index is 0.784. The van der Waals surface area contributed by atoms with E-state index in [2.05, 4.69) is 21.2 Å². The van der Waals surface area contributed by atoms with Crippen molar-refractivity contribution >= 4 is 21.6 Å². The third-order valence-corrected chi connectivity index (χ3v) is 2.80. The lowest BCUT2D eigenvalue weighted by atomic mass is 10.3. The predicted octanol–water partition coefficient (Wildman–Crippen LogP) is 3.30. The summed E-state index contributed by atoms with van der Waals surface area (Å²) in [5.41, 5.74) is 1.07. The molecular weight excluding hydrogens is 270 g/mol. The average molecular weight is 288 g/mol. The topological polar surface area (TPSA) is 30.5 Å². The summed E-state index contributed by atoms with van der Waals surface area (Å²) in [7, 11) is 1.67. The second kappa shape index (κ2) is 7.52. The quantitative estimate of drug-likeness (QED) is 0.781. The van der Waals surface area contributed by atoms with Crippen molar-refractivity contribution in [2.45, 2.75) is 13.3 Å². The number of ether oxygens (including phenoxy) is 2. The Morgan fingerprint density at radius 1 is 1.38 bits per heavy atom. The van der Waals surface area contributed by atoms with E-state index in [0.29, 0.717) is 0 Å². The molecule has 0 radical (unpaired) electrons. The fourth-order valence-electron chi connectivity index (χ4n) is 1.32. The Bertz CT molecular complexity index is 318. The number of halogens is 1. The van der Waals surface area contributed by atoms with Gasteiger partial charge in [-0.25, -0.2) is 0 Å². The maximum Gasteiger partial charge on any atom is 0.135 e. The van der Waals surface area contributed by atoms with Crippen molar-refractivity contribution in [3.63, 3.8) is 0 Å². The molecule has 0 amide bonds. The van der Waals surface area contributed by atoms with E-state index in [1.165, 1.54) is 0 Å². The molecule has 16 heavy (non-hydrogen) atoms. The molecule has 0 fully saturated rings.